The molecule has 0 amide bonds. The third kappa shape index (κ3) is 4.01. The van der Waals surface area contributed by atoms with Crippen LogP contribution in [0.5, 0.6) is 0 Å². The predicted octanol–water partition coefficient (Wildman–Crippen LogP) is 4.42. The highest BCUT2D eigenvalue weighted by atomic mass is 35.5. The van der Waals surface area contributed by atoms with Crippen molar-refractivity contribution >= 4 is 17.3 Å². The molecular weight excluding hydrogens is 220 g/mol. The topological polar surface area (TPSA) is 24.9 Å². The SMILES string of the molecule is CCCC(CCC)Nc1cnc(Cl)c(C)c1. The standard InChI is InChI=1S/C13H21ClN2/c1-4-6-11(7-5-2)16-12-8-10(3)13(14)15-9-12/h8-9,11,16H,4-7H2,1-3H3. The molecule has 1 aromatic heterocycles. The third-order valence-electron chi connectivity index (χ3n) is 2.66. The number of pyridine rings is 1. The van der Waals surface area contributed by atoms with Crippen LogP contribution in [0.1, 0.15) is 45.1 Å². The van der Waals surface area contributed by atoms with Gasteiger partial charge in [-0.2, -0.15) is 0 Å². The lowest BCUT2D eigenvalue weighted by Gasteiger charge is -2.18. The molecule has 1 rings (SSSR count). The third-order valence-corrected chi connectivity index (χ3v) is 3.06. The summed E-state index contributed by atoms with van der Waals surface area (Å²) < 4.78 is 0. The monoisotopic (exact) mass is 240 g/mol. The summed E-state index contributed by atoms with van der Waals surface area (Å²) in [6.45, 7) is 6.42. The van der Waals surface area contributed by atoms with Gasteiger partial charge in [0, 0.05) is 6.04 Å². The van der Waals surface area contributed by atoms with Gasteiger partial charge in [-0.05, 0) is 31.4 Å². The Hall–Kier alpha value is -0.760. The molecular formula is C13H21ClN2. The summed E-state index contributed by atoms with van der Waals surface area (Å²) in [5.41, 5.74) is 2.10. The van der Waals surface area contributed by atoms with E-state index in [9.17, 15) is 0 Å². The van der Waals surface area contributed by atoms with E-state index in [0.717, 1.165) is 11.3 Å². The molecule has 1 heterocycles. The van der Waals surface area contributed by atoms with E-state index < -0.39 is 0 Å². The fourth-order valence-electron chi connectivity index (χ4n) is 1.86. The number of aromatic nitrogens is 1. The van der Waals surface area contributed by atoms with Gasteiger partial charge in [0.2, 0.25) is 0 Å². The minimum Gasteiger partial charge on any atom is -0.381 e. The van der Waals surface area contributed by atoms with Gasteiger partial charge in [0.1, 0.15) is 5.15 Å². The van der Waals surface area contributed by atoms with Gasteiger partial charge in [-0.15, -0.1) is 0 Å². The quantitative estimate of drug-likeness (QED) is 0.745. The van der Waals surface area contributed by atoms with Crippen molar-refractivity contribution in [2.75, 3.05) is 5.32 Å². The highest BCUT2D eigenvalue weighted by Gasteiger charge is 2.07. The molecule has 0 aliphatic rings. The van der Waals surface area contributed by atoms with Crippen LogP contribution >= 0.6 is 11.6 Å². The first kappa shape index (κ1) is 13.3. The Labute approximate surface area is 103 Å². The molecule has 0 aromatic carbocycles. The molecule has 0 unspecified atom stereocenters. The molecule has 0 bridgehead atoms. The van der Waals surface area contributed by atoms with Crippen molar-refractivity contribution in [2.45, 2.75) is 52.5 Å². The summed E-state index contributed by atoms with van der Waals surface area (Å²) in [7, 11) is 0. The number of rotatable bonds is 6. The Morgan fingerprint density at radius 1 is 1.31 bits per heavy atom. The van der Waals surface area contributed by atoms with E-state index in [1.54, 1.807) is 0 Å². The second-order valence-electron chi connectivity index (χ2n) is 4.25. The maximum absolute atomic E-state index is 5.90. The van der Waals surface area contributed by atoms with Crippen LogP contribution < -0.4 is 5.32 Å². The zero-order chi connectivity index (χ0) is 12.0. The average Bonchev–Trinajstić information content (AvgIpc) is 2.24. The number of nitrogens with zero attached hydrogens (tertiary/aromatic N) is 1. The smallest absolute Gasteiger partial charge is 0.132 e. The molecule has 90 valence electrons. The average molecular weight is 241 g/mol. The fraction of sp³-hybridized carbons (Fsp3) is 0.615. The van der Waals surface area contributed by atoms with Crippen LogP contribution in [-0.4, -0.2) is 11.0 Å². The summed E-state index contributed by atoms with van der Waals surface area (Å²) in [5, 5.41) is 4.12. The lowest BCUT2D eigenvalue weighted by atomic mass is 10.1. The van der Waals surface area contributed by atoms with Crippen LogP contribution in [0.15, 0.2) is 12.3 Å². The van der Waals surface area contributed by atoms with Gasteiger partial charge in [-0.1, -0.05) is 38.3 Å². The van der Waals surface area contributed by atoms with Crippen LogP contribution in [0.3, 0.4) is 0 Å². The normalized spacial score (nSPS) is 10.8. The molecule has 0 aliphatic heterocycles. The zero-order valence-corrected chi connectivity index (χ0v) is 11.1. The van der Waals surface area contributed by atoms with Gasteiger partial charge in [0.15, 0.2) is 0 Å². The maximum atomic E-state index is 5.90. The Morgan fingerprint density at radius 2 is 1.94 bits per heavy atom. The Morgan fingerprint density at radius 3 is 2.44 bits per heavy atom. The minimum absolute atomic E-state index is 0.553. The van der Waals surface area contributed by atoms with E-state index in [2.05, 4.69) is 30.2 Å². The van der Waals surface area contributed by atoms with Gasteiger partial charge < -0.3 is 5.32 Å². The number of hydrogen-bond acceptors (Lipinski definition) is 2. The van der Waals surface area contributed by atoms with Gasteiger partial charge >= 0.3 is 0 Å². The van der Waals surface area contributed by atoms with E-state index in [4.69, 9.17) is 11.6 Å². The van der Waals surface area contributed by atoms with Crippen LogP contribution in [0, 0.1) is 6.92 Å². The van der Waals surface area contributed by atoms with E-state index in [-0.39, 0.29) is 0 Å². The molecule has 1 N–H and O–H groups in total. The van der Waals surface area contributed by atoms with E-state index in [1.165, 1.54) is 25.7 Å². The maximum Gasteiger partial charge on any atom is 0.132 e. The first-order valence-corrected chi connectivity index (χ1v) is 6.43. The number of anilines is 1. The van der Waals surface area contributed by atoms with Crippen molar-refractivity contribution in [3.05, 3.63) is 23.0 Å². The number of aryl methyl sites for hydroxylation is 1. The summed E-state index contributed by atoms with van der Waals surface area (Å²) in [5.74, 6) is 0. The summed E-state index contributed by atoms with van der Waals surface area (Å²) in [6, 6.07) is 2.62. The lowest BCUT2D eigenvalue weighted by molar-refractivity contribution is 0.586. The zero-order valence-electron chi connectivity index (χ0n) is 10.4. The summed E-state index contributed by atoms with van der Waals surface area (Å²) >= 11 is 5.90. The molecule has 0 saturated heterocycles. The molecule has 3 heteroatoms. The van der Waals surface area contributed by atoms with E-state index in [0.29, 0.717) is 11.2 Å². The van der Waals surface area contributed by atoms with Crippen molar-refractivity contribution in [2.24, 2.45) is 0 Å². The first-order chi connectivity index (χ1) is 7.67. The lowest BCUT2D eigenvalue weighted by Crippen LogP contribution is -2.19. The van der Waals surface area contributed by atoms with Gasteiger partial charge in [0.05, 0.1) is 11.9 Å². The molecule has 0 saturated carbocycles. The summed E-state index contributed by atoms with van der Waals surface area (Å²) in [4.78, 5) is 4.15. The Balaban J connectivity index is 2.65. The first-order valence-electron chi connectivity index (χ1n) is 6.06. The van der Waals surface area contributed by atoms with Crippen molar-refractivity contribution < 1.29 is 0 Å². The van der Waals surface area contributed by atoms with Gasteiger partial charge in [-0.25, -0.2) is 4.98 Å². The van der Waals surface area contributed by atoms with Crippen LogP contribution in [0.25, 0.3) is 0 Å². The number of hydrogen-bond donors (Lipinski definition) is 1. The Kier molecular flexibility index (Phi) is 5.61. The van der Waals surface area contributed by atoms with Gasteiger partial charge in [0.25, 0.3) is 0 Å². The highest BCUT2D eigenvalue weighted by molar-refractivity contribution is 6.30. The molecule has 0 atom stereocenters. The Bertz CT molecular complexity index is 320. The second kappa shape index (κ2) is 6.74. The second-order valence-corrected chi connectivity index (χ2v) is 4.61. The minimum atomic E-state index is 0.553. The van der Waals surface area contributed by atoms with Crippen molar-refractivity contribution in [3.8, 4) is 0 Å². The molecule has 0 aliphatic carbocycles. The van der Waals surface area contributed by atoms with Crippen LogP contribution in [0.4, 0.5) is 5.69 Å². The molecule has 0 spiro atoms. The van der Waals surface area contributed by atoms with Crippen molar-refractivity contribution in [1.82, 2.24) is 4.98 Å². The molecule has 0 fully saturated rings. The van der Waals surface area contributed by atoms with E-state index in [1.807, 2.05) is 13.1 Å². The fourth-order valence-corrected chi connectivity index (χ4v) is 1.96. The van der Waals surface area contributed by atoms with Crippen molar-refractivity contribution in [3.63, 3.8) is 0 Å². The largest absolute Gasteiger partial charge is 0.381 e. The summed E-state index contributed by atoms with van der Waals surface area (Å²) in [6.07, 6.45) is 6.63. The predicted molar refractivity (Wildman–Crippen MR) is 71.2 cm³/mol. The van der Waals surface area contributed by atoms with Crippen LogP contribution in [0.2, 0.25) is 5.15 Å². The van der Waals surface area contributed by atoms with Crippen molar-refractivity contribution in [1.29, 1.82) is 0 Å². The molecule has 1 aromatic rings. The van der Waals surface area contributed by atoms with Crippen LogP contribution in [-0.2, 0) is 0 Å². The number of halogens is 1. The molecule has 16 heavy (non-hydrogen) atoms. The molecule has 2 nitrogen and oxygen atoms in total. The molecule has 0 radical (unpaired) electrons. The van der Waals surface area contributed by atoms with Gasteiger partial charge in [-0.3, -0.25) is 0 Å². The highest BCUT2D eigenvalue weighted by Crippen LogP contribution is 2.18. The van der Waals surface area contributed by atoms with E-state index >= 15 is 0 Å². The number of nitrogens with one attached hydrogen (secondary N) is 1.